The fraction of sp³-hybridized carbons (Fsp3) is 0.167. The van der Waals surface area contributed by atoms with Crippen molar-refractivity contribution in [2.75, 3.05) is 6.54 Å². The molecule has 0 bridgehead atoms. The molecule has 0 radical (unpaired) electrons. The van der Waals surface area contributed by atoms with Gasteiger partial charge >= 0.3 is 0 Å². The van der Waals surface area contributed by atoms with E-state index in [4.69, 9.17) is 10.2 Å². The quantitative estimate of drug-likeness (QED) is 0.617. The van der Waals surface area contributed by atoms with Crippen LogP contribution in [0.1, 0.15) is 34.0 Å². The molecule has 2 heterocycles. The Morgan fingerprint density at radius 1 is 1.19 bits per heavy atom. The molecule has 1 amide bonds. The Morgan fingerprint density at radius 2 is 1.96 bits per heavy atom. The third kappa shape index (κ3) is 4.21. The van der Waals surface area contributed by atoms with Crippen LogP contribution in [0.4, 0.5) is 0 Å². The first-order valence-corrected chi connectivity index (χ1v) is 10.3. The minimum absolute atomic E-state index is 0.0570. The Balaban J connectivity index is 1.70. The lowest BCUT2D eigenvalue weighted by atomic mass is 9.93. The lowest BCUT2D eigenvalue weighted by Gasteiger charge is -2.15. The molecule has 0 aliphatic carbocycles. The molecular formula is C18H18N2O4S2. The average Bonchev–Trinajstić information content (AvgIpc) is 3.31. The molecule has 0 fully saturated rings. The number of amides is 1. The number of rotatable bonds is 8. The molecule has 8 heteroatoms. The highest BCUT2D eigenvalue weighted by Gasteiger charge is 2.21. The summed E-state index contributed by atoms with van der Waals surface area (Å²) in [6, 6.07) is 14.8. The lowest BCUT2D eigenvalue weighted by Crippen LogP contribution is -2.25. The summed E-state index contributed by atoms with van der Waals surface area (Å²) in [4.78, 5) is 11.1. The Bertz CT molecular complexity index is 964. The van der Waals surface area contributed by atoms with Crippen molar-refractivity contribution in [1.29, 1.82) is 0 Å². The van der Waals surface area contributed by atoms with Crippen molar-refractivity contribution in [3.8, 4) is 0 Å². The summed E-state index contributed by atoms with van der Waals surface area (Å²) in [6.07, 6.45) is 2.14. The van der Waals surface area contributed by atoms with Gasteiger partial charge in [0.1, 0.15) is 9.97 Å². The molecule has 3 rings (SSSR count). The number of hydrogen-bond donors (Lipinski definition) is 2. The summed E-state index contributed by atoms with van der Waals surface area (Å²) in [5.41, 5.74) is 6.41. The van der Waals surface area contributed by atoms with Crippen LogP contribution in [0.25, 0.3) is 0 Å². The van der Waals surface area contributed by atoms with Crippen LogP contribution in [0, 0.1) is 0 Å². The highest BCUT2D eigenvalue weighted by Crippen LogP contribution is 2.28. The fourth-order valence-electron chi connectivity index (χ4n) is 2.64. The average molecular weight is 390 g/mol. The molecule has 0 saturated heterocycles. The smallest absolute Gasteiger partial charge is 0.250 e. The minimum atomic E-state index is -3.69. The molecule has 136 valence electrons. The van der Waals surface area contributed by atoms with Gasteiger partial charge in [-0.25, -0.2) is 13.1 Å². The normalized spacial score (nSPS) is 12.8. The van der Waals surface area contributed by atoms with Crippen LogP contribution in [0.3, 0.4) is 0 Å². The van der Waals surface area contributed by atoms with Gasteiger partial charge in [-0.15, -0.1) is 11.3 Å². The van der Waals surface area contributed by atoms with Gasteiger partial charge in [0.25, 0.3) is 0 Å². The minimum Gasteiger partial charge on any atom is -0.469 e. The van der Waals surface area contributed by atoms with Crippen molar-refractivity contribution in [2.24, 2.45) is 5.73 Å². The van der Waals surface area contributed by atoms with E-state index in [1.165, 1.54) is 11.4 Å². The molecule has 0 saturated carbocycles. The topological polar surface area (TPSA) is 102 Å². The number of carbonyl (C=O) groups is 1. The SMILES string of the molecule is NC(=O)c1csc(S(=O)(=O)NCCC(c2ccccc2)c2ccco2)c1. The van der Waals surface area contributed by atoms with Gasteiger partial charge < -0.3 is 10.2 Å². The van der Waals surface area contributed by atoms with Gasteiger partial charge in [-0.1, -0.05) is 30.3 Å². The number of nitrogens with two attached hydrogens (primary N) is 1. The second kappa shape index (κ2) is 7.86. The van der Waals surface area contributed by atoms with Crippen molar-refractivity contribution < 1.29 is 17.6 Å². The van der Waals surface area contributed by atoms with E-state index in [2.05, 4.69) is 4.72 Å². The highest BCUT2D eigenvalue weighted by atomic mass is 32.2. The van der Waals surface area contributed by atoms with Gasteiger partial charge in [0.2, 0.25) is 15.9 Å². The molecule has 1 atom stereocenters. The molecule has 0 aliphatic heterocycles. The zero-order chi connectivity index (χ0) is 18.6. The summed E-state index contributed by atoms with van der Waals surface area (Å²) in [5, 5.41) is 1.44. The standard InChI is InChI=1S/C18H18N2O4S2/c19-18(21)14-11-17(25-12-14)26(22,23)20-9-8-15(16-7-4-10-24-16)13-5-2-1-3-6-13/h1-7,10-12,15,20H,8-9H2,(H2,19,21). The van der Waals surface area contributed by atoms with E-state index in [1.54, 1.807) is 6.26 Å². The zero-order valence-electron chi connectivity index (χ0n) is 13.8. The molecule has 0 aliphatic rings. The second-order valence-corrected chi connectivity index (χ2v) is 8.59. The number of furan rings is 1. The summed E-state index contributed by atoms with van der Waals surface area (Å²) in [5.74, 6) is 0.0746. The van der Waals surface area contributed by atoms with Crippen LogP contribution < -0.4 is 10.5 Å². The summed E-state index contributed by atoms with van der Waals surface area (Å²) < 4.78 is 33.0. The van der Waals surface area contributed by atoms with Crippen molar-refractivity contribution in [3.63, 3.8) is 0 Å². The number of benzene rings is 1. The van der Waals surface area contributed by atoms with Crippen molar-refractivity contribution in [2.45, 2.75) is 16.5 Å². The van der Waals surface area contributed by atoms with E-state index in [1.807, 2.05) is 42.5 Å². The monoisotopic (exact) mass is 390 g/mol. The third-order valence-electron chi connectivity index (χ3n) is 3.94. The van der Waals surface area contributed by atoms with Crippen LogP contribution in [0.15, 0.2) is 68.8 Å². The Hall–Kier alpha value is -2.42. The van der Waals surface area contributed by atoms with E-state index in [0.29, 0.717) is 6.42 Å². The van der Waals surface area contributed by atoms with Gasteiger partial charge in [0.15, 0.2) is 0 Å². The number of carbonyl (C=O) groups excluding carboxylic acids is 1. The fourth-order valence-corrected chi connectivity index (χ4v) is 4.90. The van der Waals surface area contributed by atoms with Crippen molar-refractivity contribution in [1.82, 2.24) is 4.72 Å². The molecule has 0 spiro atoms. The maximum absolute atomic E-state index is 12.4. The van der Waals surface area contributed by atoms with Crippen LogP contribution in [-0.2, 0) is 10.0 Å². The third-order valence-corrected chi connectivity index (χ3v) is 6.84. The first-order valence-electron chi connectivity index (χ1n) is 7.94. The van der Waals surface area contributed by atoms with Gasteiger partial charge in [0, 0.05) is 17.8 Å². The molecule has 26 heavy (non-hydrogen) atoms. The number of thiophene rings is 1. The summed E-state index contributed by atoms with van der Waals surface area (Å²) in [7, 11) is -3.69. The number of sulfonamides is 1. The Kier molecular flexibility index (Phi) is 5.55. The highest BCUT2D eigenvalue weighted by molar-refractivity contribution is 7.91. The second-order valence-electron chi connectivity index (χ2n) is 5.68. The van der Waals surface area contributed by atoms with Crippen LogP contribution in [0.2, 0.25) is 0 Å². The first-order chi connectivity index (χ1) is 12.5. The number of primary amides is 1. The zero-order valence-corrected chi connectivity index (χ0v) is 15.4. The first kappa shape index (κ1) is 18.4. The van der Waals surface area contributed by atoms with Gasteiger partial charge in [0.05, 0.1) is 11.8 Å². The number of hydrogen-bond acceptors (Lipinski definition) is 5. The van der Waals surface area contributed by atoms with E-state index in [0.717, 1.165) is 22.7 Å². The van der Waals surface area contributed by atoms with E-state index in [9.17, 15) is 13.2 Å². The van der Waals surface area contributed by atoms with Crippen molar-refractivity contribution >= 4 is 27.3 Å². The summed E-state index contributed by atoms with van der Waals surface area (Å²) in [6.45, 7) is 0.229. The molecule has 2 aromatic heterocycles. The maximum atomic E-state index is 12.4. The van der Waals surface area contributed by atoms with E-state index < -0.39 is 15.9 Å². The predicted octanol–water partition coefficient (Wildman–Crippen LogP) is 2.94. The molecule has 1 unspecified atom stereocenters. The van der Waals surface area contributed by atoms with Crippen LogP contribution >= 0.6 is 11.3 Å². The molecular weight excluding hydrogens is 372 g/mol. The van der Waals surface area contributed by atoms with Crippen molar-refractivity contribution in [3.05, 3.63) is 77.1 Å². The molecule has 6 nitrogen and oxygen atoms in total. The van der Waals surface area contributed by atoms with Gasteiger partial charge in [-0.3, -0.25) is 4.79 Å². The van der Waals surface area contributed by atoms with Crippen LogP contribution in [-0.4, -0.2) is 20.9 Å². The Labute approximate surface area is 155 Å². The Morgan fingerprint density at radius 3 is 2.58 bits per heavy atom. The number of nitrogens with one attached hydrogen (secondary N) is 1. The van der Waals surface area contributed by atoms with E-state index in [-0.39, 0.29) is 22.2 Å². The largest absolute Gasteiger partial charge is 0.469 e. The summed E-state index contributed by atoms with van der Waals surface area (Å²) >= 11 is 0.968. The van der Waals surface area contributed by atoms with Gasteiger partial charge in [-0.05, 0) is 30.2 Å². The predicted molar refractivity (Wildman–Crippen MR) is 99.6 cm³/mol. The maximum Gasteiger partial charge on any atom is 0.250 e. The molecule has 3 aromatic rings. The molecule has 1 aromatic carbocycles. The lowest BCUT2D eigenvalue weighted by molar-refractivity contribution is 0.100. The van der Waals surface area contributed by atoms with Gasteiger partial charge in [-0.2, -0.15) is 0 Å². The van der Waals surface area contributed by atoms with E-state index >= 15 is 0 Å². The van der Waals surface area contributed by atoms with Crippen LogP contribution in [0.5, 0.6) is 0 Å². The molecule has 3 N–H and O–H groups in total.